The van der Waals surface area contributed by atoms with E-state index in [0.29, 0.717) is 16.8 Å². The zero-order chi connectivity index (χ0) is 28.8. The minimum absolute atomic E-state index is 0.00710. The van der Waals surface area contributed by atoms with Crippen LogP contribution in [0.2, 0.25) is 5.02 Å². The molecule has 0 saturated heterocycles. The first kappa shape index (κ1) is 27.9. The molecule has 1 heterocycles. The Labute approximate surface area is 221 Å². The molecule has 1 aliphatic rings. The summed E-state index contributed by atoms with van der Waals surface area (Å²) in [5, 5.41) is 13.9. The Bertz CT molecular complexity index is 1540. The lowest BCUT2D eigenvalue weighted by molar-refractivity contribution is -0.276. The predicted molar refractivity (Wildman–Crippen MR) is 127 cm³/mol. The molecule has 13 heteroatoms. The van der Waals surface area contributed by atoms with Crippen molar-refractivity contribution in [2.24, 2.45) is 5.16 Å². The molecule has 3 aromatic rings. The van der Waals surface area contributed by atoms with Gasteiger partial charge >= 0.3 is 12.4 Å². The molecule has 1 aliphatic heterocycles. The topological polar surface area (TPSA) is 74.5 Å². The first-order valence-corrected chi connectivity index (χ1v) is 11.3. The van der Waals surface area contributed by atoms with Crippen LogP contribution in [0.3, 0.4) is 0 Å². The van der Waals surface area contributed by atoms with Crippen molar-refractivity contribution in [3.63, 3.8) is 0 Å². The molecule has 0 fully saturated rings. The zero-order valence-electron chi connectivity index (χ0n) is 19.6. The molecule has 4 rings (SSSR count). The Morgan fingerprint density at radius 3 is 2.44 bits per heavy atom. The van der Waals surface area contributed by atoms with Crippen LogP contribution in [0.1, 0.15) is 44.6 Å². The highest BCUT2D eigenvalue weighted by Gasteiger charge is 2.64. The van der Waals surface area contributed by atoms with E-state index in [2.05, 4.69) is 15.3 Å². The lowest BCUT2D eigenvalue weighted by Crippen LogP contribution is -2.43. The first-order chi connectivity index (χ1) is 18.2. The monoisotopic (exact) mass is 569 g/mol. The number of halogens is 8. The second-order valence-corrected chi connectivity index (χ2v) is 9.03. The molecule has 1 atom stereocenters. The van der Waals surface area contributed by atoms with E-state index >= 15 is 0 Å². The van der Waals surface area contributed by atoms with E-state index in [1.54, 1.807) is 18.2 Å². The van der Waals surface area contributed by atoms with E-state index in [9.17, 15) is 35.5 Å². The molecule has 0 radical (unpaired) electrons. The summed E-state index contributed by atoms with van der Waals surface area (Å²) in [6, 6.07) is 12.2. The van der Waals surface area contributed by atoms with Crippen LogP contribution >= 0.6 is 11.6 Å². The third-order valence-electron chi connectivity index (χ3n) is 6.03. The fourth-order valence-corrected chi connectivity index (χ4v) is 4.27. The normalized spacial score (nSPS) is 17.3. The van der Waals surface area contributed by atoms with Crippen LogP contribution in [0.5, 0.6) is 0 Å². The van der Waals surface area contributed by atoms with E-state index in [0.717, 1.165) is 0 Å². The average Bonchev–Trinajstić information content (AvgIpc) is 3.32. The Balaban J connectivity index is 1.66. The minimum Gasteiger partial charge on any atom is -0.374 e. The largest absolute Gasteiger partial charge is 0.435 e. The first-order valence-electron chi connectivity index (χ1n) is 11.0. The highest BCUT2D eigenvalue weighted by atomic mass is 35.5. The van der Waals surface area contributed by atoms with Gasteiger partial charge in [-0.05, 0) is 60.5 Å². The van der Waals surface area contributed by atoms with Gasteiger partial charge in [0.15, 0.2) is 0 Å². The summed E-state index contributed by atoms with van der Waals surface area (Å²) in [6.07, 6.45) is -11.7. The van der Waals surface area contributed by atoms with Crippen molar-refractivity contribution in [1.29, 1.82) is 5.26 Å². The van der Waals surface area contributed by atoms with Crippen molar-refractivity contribution in [3.05, 3.63) is 98.8 Å². The molecule has 0 saturated carbocycles. The Hall–Kier alpha value is -4.11. The number of anilines is 1. The Kier molecular flexibility index (Phi) is 7.08. The maximum Gasteiger partial charge on any atom is 0.435 e. The quantitative estimate of drug-likeness (QED) is 0.330. The van der Waals surface area contributed by atoms with Gasteiger partial charge in [-0.1, -0.05) is 28.9 Å². The van der Waals surface area contributed by atoms with Gasteiger partial charge in [-0.2, -0.15) is 31.6 Å². The van der Waals surface area contributed by atoms with Gasteiger partial charge in [-0.15, -0.1) is 0 Å². The number of rotatable bonds is 4. The molecule has 1 N–H and O–H groups in total. The molecule has 39 heavy (non-hydrogen) atoms. The van der Waals surface area contributed by atoms with Crippen molar-refractivity contribution < 1.29 is 40.4 Å². The van der Waals surface area contributed by atoms with Crippen LogP contribution in [-0.2, 0) is 16.6 Å². The summed E-state index contributed by atoms with van der Waals surface area (Å²) in [5.41, 5.74) is -5.76. The maximum absolute atomic E-state index is 14.8. The SMILES string of the molecule is Cc1cc(C2=NOC(c3cc(C(F)(F)F)cc(Cl)c3F)(C(F)(F)F)C2)ccc1C(=O)Nc1cccc(C#N)c1. The van der Waals surface area contributed by atoms with Crippen LogP contribution in [0, 0.1) is 24.1 Å². The number of oxime groups is 1. The van der Waals surface area contributed by atoms with Gasteiger partial charge in [0.1, 0.15) is 5.82 Å². The van der Waals surface area contributed by atoms with E-state index in [4.69, 9.17) is 16.9 Å². The van der Waals surface area contributed by atoms with Crippen molar-refractivity contribution >= 4 is 28.9 Å². The van der Waals surface area contributed by atoms with Gasteiger partial charge in [-0.3, -0.25) is 4.79 Å². The highest BCUT2D eigenvalue weighted by Crippen LogP contribution is 2.51. The number of aryl methyl sites for hydroxylation is 1. The van der Waals surface area contributed by atoms with Crippen LogP contribution in [0.25, 0.3) is 0 Å². The molecular weight excluding hydrogens is 555 g/mol. The number of nitrogens with one attached hydrogen (secondary N) is 1. The van der Waals surface area contributed by atoms with Gasteiger partial charge in [0, 0.05) is 16.8 Å². The van der Waals surface area contributed by atoms with Gasteiger partial charge in [0.25, 0.3) is 11.5 Å². The molecule has 0 spiro atoms. The lowest BCUT2D eigenvalue weighted by atomic mass is 9.85. The highest BCUT2D eigenvalue weighted by molar-refractivity contribution is 6.30. The van der Waals surface area contributed by atoms with Gasteiger partial charge in [0.2, 0.25) is 0 Å². The van der Waals surface area contributed by atoms with Crippen molar-refractivity contribution in [3.8, 4) is 6.07 Å². The fraction of sp³-hybridized carbons (Fsp3) is 0.192. The van der Waals surface area contributed by atoms with Crippen LogP contribution in [0.15, 0.2) is 59.8 Å². The molecule has 0 aliphatic carbocycles. The molecule has 3 aromatic carbocycles. The second-order valence-electron chi connectivity index (χ2n) is 8.62. The molecule has 0 aromatic heterocycles. The summed E-state index contributed by atoms with van der Waals surface area (Å²) < 4.78 is 97.4. The van der Waals surface area contributed by atoms with E-state index in [1.165, 1.54) is 31.2 Å². The summed E-state index contributed by atoms with van der Waals surface area (Å²) in [7, 11) is 0. The van der Waals surface area contributed by atoms with Crippen LogP contribution in [0.4, 0.5) is 36.4 Å². The van der Waals surface area contributed by atoms with E-state index < -0.39 is 52.2 Å². The Morgan fingerprint density at radius 2 is 1.82 bits per heavy atom. The average molecular weight is 570 g/mol. The number of alkyl halides is 6. The maximum atomic E-state index is 14.8. The summed E-state index contributed by atoms with van der Waals surface area (Å²) in [4.78, 5) is 17.4. The van der Waals surface area contributed by atoms with Crippen molar-refractivity contribution in [1.82, 2.24) is 0 Å². The van der Waals surface area contributed by atoms with Crippen LogP contribution < -0.4 is 5.32 Å². The third-order valence-corrected chi connectivity index (χ3v) is 6.31. The number of hydrogen-bond acceptors (Lipinski definition) is 4. The lowest BCUT2D eigenvalue weighted by Gasteiger charge is -2.30. The fourth-order valence-electron chi connectivity index (χ4n) is 4.05. The number of nitrogens with zero attached hydrogens (tertiary/aromatic N) is 2. The van der Waals surface area contributed by atoms with Gasteiger partial charge in [-0.25, -0.2) is 4.39 Å². The number of hydrogen-bond donors (Lipinski definition) is 1. The molecule has 0 bridgehead atoms. The van der Waals surface area contributed by atoms with Crippen molar-refractivity contribution in [2.75, 3.05) is 5.32 Å². The number of nitriles is 1. The summed E-state index contributed by atoms with van der Waals surface area (Å²) in [6.45, 7) is 1.50. The number of carbonyl (C=O) groups is 1. The van der Waals surface area contributed by atoms with Crippen molar-refractivity contribution in [2.45, 2.75) is 31.3 Å². The molecule has 1 amide bonds. The Morgan fingerprint density at radius 1 is 1.10 bits per heavy atom. The molecule has 202 valence electrons. The molecule has 1 unspecified atom stereocenters. The van der Waals surface area contributed by atoms with Crippen LogP contribution in [-0.4, -0.2) is 17.8 Å². The predicted octanol–water partition coefficient (Wildman–Crippen LogP) is 7.51. The minimum atomic E-state index is -5.39. The number of amides is 1. The zero-order valence-corrected chi connectivity index (χ0v) is 20.4. The standard InChI is InChI=1S/C26H15ClF7N3O2/c1-13-7-15(5-6-18(13)23(38)36-17-4-2-3-14(8-17)12-35)21-11-24(39-37-21,26(32,33)34)19-9-16(25(29,30)31)10-20(27)22(19)28/h2-10H,11H2,1H3,(H,36,38). The van der Waals surface area contributed by atoms with Gasteiger partial charge < -0.3 is 10.2 Å². The van der Waals surface area contributed by atoms with Gasteiger partial charge in [0.05, 0.1) is 34.4 Å². The molecule has 5 nitrogen and oxygen atoms in total. The number of carbonyl (C=O) groups excluding carboxylic acids is 1. The van der Waals surface area contributed by atoms with E-state index in [-0.39, 0.29) is 29.0 Å². The summed E-state index contributed by atoms with van der Waals surface area (Å²) in [5.74, 6) is -2.29. The van der Waals surface area contributed by atoms with E-state index in [1.807, 2.05) is 6.07 Å². The number of benzene rings is 3. The molecular formula is C26H15ClF7N3O2. The third kappa shape index (κ3) is 5.27. The smallest absolute Gasteiger partial charge is 0.374 e. The second kappa shape index (κ2) is 9.89. The summed E-state index contributed by atoms with van der Waals surface area (Å²) >= 11 is 5.52.